The fourth-order valence-corrected chi connectivity index (χ4v) is 8.82. The Balaban J connectivity index is 1.26. The van der Waals surface area contributed by atoms with Gasteiger partial charge in [-0.2, -0.15) is 26.3 Å². The van der Waals surface area contributed by atoms with Crippen molar-refractivity contribution >= 4 is 55.7 Å². The standard InChI is InChI=1S/C56H50F6N2/c1-6-38(3)39-22-30-45(31-23-39)63(51-20-12-16-40-14-8-10-18-49(40)51)47-34-26-43(27-35-47)54(55(57,58)59,56(60,61)62)44-28-36-48(37-29-44)64(46-32-24-42(25-33-46)53(4,5)7-2)52-21-13-17-41-15-9-11-19-50(41)52/h8-38H,6-7H2,1-5H3. The van der Waals surface area contributed by atoms with Gasteiger partial charge in [0.2, 0.25) is 5.41 Å². The Morgan fingerprint density at radius 1 is 0.422 bits per heavy atom. The second kappa shape index (κ2) is 17.2. The summed E-state index contributed by atoms with van der Waals surface area (Å²) in [5.74, 6) is 0.303. The molecule has 0 fully saturated rings. The molecule has 8 aromatic carbocycles. The highest BCUT2D eigenvalue weighted by molar-refractivity contribution is 6.00. The predicted molar refractivity (Wildman–Crippen MR) is 252 cm³/mol. The van der Waals surface area contributed by atoms with Crippen LogP contribution in [0.25, 0.3) is 21.5 Å². The molecule has 8 aromatic rings. The molecule has 0 heterocycles. The molecule has 0 N–H and O–H groups in total. The van der Waals surface area contributed by atoms with Gasteiger partial charge in [0, 0.05) is 33.5 Å². The summed E-state index contributed by atoms with van der Waals surface area (Å²) in [6.45, 7) is 10.6. The van der Waals surface area contributed by atoms with Gasteiger partial charge in [0.1, 0.15) is 0 Å². The smallest absolute Gasteiger partial charge is 0.310 e. The van der Waals surface area contributed by atoms with E-state index in [1.54, 1.807) is 0 Å². The Morgan fingerprint density at radius 3 is 1.12 bits per heavy atom. The van der Waals surface area contributed by atoms with Gasteiger partial charge in [-0.15, -0.1) is 0 Å². The van der Waals surface area contributed by atoms with Crippen LogP contribution >= 0.6 is 0 Å². The zero-order valence-electron chi connectivity index (χ0n) is 36.5. The minimum absolute atomic E-state index is 0.103. The number of benzene rings is 8. The lowest BCUT2D eigenvalue weighted by Crippen LogP contribution is -2.54. The van der Waals surface area contributed by atoms with Crippen LogP contribution in [0, 0.1) is 0 Å². The van der Waals surface area contributed by atoms with Crippen molar-refractivity contribution in [1.29, 1.82) is 0 Å². The maximum Gasteiger partial charge on any atom is 0.411 e. The fourth-order valence-electron chi connectivity index (χ4n) is 8.82. The molecule has 0 saturated heterocycles. The van der Waals surface area contributed by atoms with Crippen LogP contribution in [-0.4, -0.2) is 12.4 Å². The van der Waals surface area contributed by atoms with E-state index in [0.29, 0.717) is 28.7 Å². The normalized spacial score (nSPS) is 13.0. The van der Waals surface area contributed by atoms with E-state index < -0.39 is 28.9 Å². The molecule has 0 spiro atoms. The SMILES string of the molecule is CCC(C)c1ccc(N(c2ccc(C(c3ccc(N(c4ccc(C(C)(C)CC)cc4)c4cccc5ccccc45)cc3)(C(F)(F)F)C(F)(F)F)cc2)c2cccc3ccccc23)cc1. The number of rotatable bonds is 12. The van der Waals surface area contributed by atoms with Crippen LogP contribution < -0.4 is 9.80 Å². The highest BCUT2D eigenvalue weighted by Gasteiger charge is 2.72. The molecule has 0 aliphatic heterocycles. The molecule has 64 heavy (non-hydrogen) atoms. The van der Waals surface area contributed by atoms with Crippen LogP contribution in [0.5, 0.6) is 0 Å². The average molecular weight is 865 g/mol. The molecule has 0 aliphatic rings. The second-order valence-corrected chi connectivity index (χ2v) is 17.2. The first kappa shape index (κ1) is 44.1. The molecule has 0 bridgehead atoms. The summed E-state index contributed by atoms with van der Waals surface area (Å²) in [6, 6.07) is 52.1. The Labute approximate surface area is 371 Å². The third kappa shape index (κ3) is 7.88. The number of hydrogen-bond acceptors (Lipinski definition) is 2. The van der Waals surface area contributed by atoms with Crippen molar-refractivity contribution in [3.8, 4) is 0 Å². The third-order valence-electron chi connectivity index (χ3n) is 13.1. The molecular formula is C56H50F6N2. The minimum Gasteiger partial charge on any atom is -0.310 e. The maximum atomic E-state index is 15.7. The lowest BCUT2D eigenvalue weighted by molar-refractivity contribution is -0.288. The molecule has 0 aromatic heterocycles. The number of alkyl halides is 6. The first-order valence-corrected chi connectivity index (χ1v) is 21.7. The van der Waals surface area contributed by atoms with Crippen LogP contribution in [0.2, 0.25) is 0 Å². The van der Waals surface area contributed by atoms with Gasteiger partial charge < -0.3 is 9.80 Å². The zero-order chi connectivity index (χ0) is 45.4. The summed E-state index contributed by atoms with van der Waals surface area (Å²) in [5, 5.41) is 3.62. The monoisotopic (exact) mass is 864 g/mol. The summed E-state index contributed by atoms with van der Waals surface area (Å²) < 4.78 is 94.3. The maximum absolute atomic E-state index is 15.7. The molecule has 0 aliphatic carbocycles. The number of anilines is 6. The van der Waals surface area contributed by atoms with Crippen molar-refractivity contribution in [1.82, 2.24) is 0 Å². The lowest BCUT2D eigenvalue weighted by atomic mass is 9.72. The van der Waals surface area contributed by atoms with Gasteiger partial charge in [-0.05, 0) is 118 Å². The molecule has 1 unspecified atom stereocenters. The number of fused-ring (bicyclic) bond motifs is 2. The van der Waals surface area contributed by atoms with E-state index in [1.807, 2.05) is 143 Å². The summed E-state index contributed by atoms with van der Waals surface area (Å²) >= 11 is 0. The van der Waals surface area contributed by atoms with Gasteiger partial charge >= 0.3 is 12.4 Å². The number of nitrogens with zero attached hydrogens (tertiary/aromatic N) is 2. The quantitative estimate of drug-likeness (QED) is 0.113. The highest BCUT2D eigenvalue weighted by atomic mass is 19.4. The molecule has 0 saturated carbocycles. The van der Waals surface area contributed by atoms with Crippen molar-refractivity contribution in [3.63, 3.8) is 0 Å². The molecule has 1 atom stereocenters. The predicted octanol–water partition coefficient (Wildman–Crippen LogP) is 17.5. The van der Waals surface area contributed by atoms with E-state index >= 15 is 26.3 Å². The topological polar surface area (TPSA) is 6.48 Å². The van der Waals surface area contributed by atoms with Gasteiger partial charge in [-0.1, -0.05) is 156 Å². The van der Waals surface area contributed by atoms with Crippen LogP contribution in [0.15, 0.2) is 182 Å². The molecule has 8 rings (SSSR count). The largest absolute Gasteiger partial charge is 0.411 e. The average Bonchev–Trinajstić information content (AvgIpc) is 3.30. The molecule has 2 nitrogen and oxygen atoms in total. The van der Waals surface area contributed by atoms with Crippen molar-refractivity contribution < 1.29 is 26.3 Å². The van der Waals surface area contributed by atoms with E-state index in [1.165, 1.54) is 24.3 Å². The van der Waals surface area contributed by atoms with Crippen LogP contribution in [0.3, 0.4) is 0 Å². The van der Waals surface area contributed by atoms with Gasteiger partial charge in [0.15, 0.2) is 0 Å². The van der Waals surface area contributed by atoms with Gasteiger partial charge in [0.25, 0.3) is 0 Å². The van der Waals surface area contributed by atoms with Gasteiger partial charge in [-0.25, -0.2) is 0 Å². The molecule has 0 amide bonds. The summed E-state index contributed by atoms with van der Waals surface area (Å²) in [4.78, 5) is 3.76. The van der Waals surface area contributed by atoms with Gasteiger partial charge in [-0.3, -0.25) is 0 Å². The van der Waals surface area contributed by atoms with Crippen molar-refractivity contribution in [2.75, 3.05) is 9.80 Å². The fraction of sp³-hybridized carbons (Fsp3) is 0.214. The summed E-state index contributed by atoms with van der Waals surface area (Å²) in [5.41, 5.74) is -0.402. The zero-order valence-corrected chi connectivity index (χ0v) is 36.5. The van der Waals surface area contributed by atoms with Crippen LogP contribution in [0.4, 0.5) is 60.5 Å². The molecular weight excluding hydrogens is 815 g/mol. The highest BCUT2D eigenvalue weighted by Crippen LogP contribution is 2.57. The minimum atomic E-state index is -5.77. The van der Waals surface area contributed by atoms with Crippen LogP contribution in [-0.2, 0) is 10.8 Å². The number of hydrogen-bond donors (Lipinski definition) is 0. The van der Waals surface area contributed by atoms with Gasteiger partial charge in [0.05, 0.1) is 11.4 Å². The Morgan fingerprint density at radius 2 is 0.766 bits per heavy atom. The Kier molecular flexibility index (Phi) is 11.9. The second-order valence-electron chi connectivity index (χ2n) is 17.2. The van der Waals surface area contributed by atoms with Crippen molar-refractivity contribution in [3.05, 3.63) is 204 Å². The van der Waals surface area contributed by atoms with E-state index in [9.17, 15) is 0 Å². The Bertz CT molecular complexity index is 2840. The number of halogens is 6. The van der Waals surface area contributed by atoms with E-state index in [4.69, 9.17) is 0 Å². The third-order valence-corrected chi connectivity index (χ3v) is 13.1. The first-order valence-electron chi connectivity index (χ1n) is 21.7. The molecule has 326 valence electrons. The summed E-state index contributed by atoms with van der Waals surface area (Å²) in [6.07, 6.45) is -9.71. The van der Waals surface area contributed by atoms with E-state index in [0.717, 1.165) is 81.2 Å². The lowest BCUT2D eigenvalue weighted by Gasteiger charge is -2.39. The Hall–Kier alpha value is -6.54. The van der Waals surface area contributed by atoms with Crippen molar-refractivity contribution in [2.24, 2.45) is 0 Å². The molecule has 0 radical (unpaired) electrons. The first-order chi connectivity index (χ1) is 30.6. The summed E-state index contributed by atoms with van der Waals surface area (Å²) in [7, 11) is 0. The molecule has 8 heteroatoms. The van der Waals surface area contributed by atoms with E-state index in [2.05, 4.69) is 34.6 Å². The van der Waals surface area contributed by atoms with E-state index in [-0.39, 0.29) is 5.41 Å². The van der Waals surface area contributed by atoms with Crippen LogP contribution in [0.1, 0.15) is 75.6 Å². The van der Waals surface area contributed by atoms with Crippen molar-refractivity contribution in [2.45, 2.75) is 76.6 Å².